The molecule has 0 amide bonds. The van der Waals surface area contributed by atoms with Crippen molar-refractivity contribution in [1.82, 2.24) is 4.72 Å². The topological polar surface area (TPSA) is 66.4 Å². The number of hydrogen-bond donors (Lipinski definition) is 2. The first-order valence-corrected chi connectivity index (χ1v) is 8.78. The summed E-state index contributed by atoms with van der Waals surface area (Å²) in [6, 6.07) is 2.55. The summed E-state index contributed by atoms with van der Waals surface area (Å²) in [6.45, 7) is 1.80. The molecule has 0 radical (unpaired) electrons. The van der Waals surface area contributed by atoms with Gasteiger partial charge >= 0.3 is 0 Å². The molecule has 0 aliphatic heterocycles. The Hall–Kier alpha value is -0.500. The Balaban J connectivity index is 2.84. The van der Waals surface area contributed by atoms with Crippen molar-refractivity contribution >= 4 is 26.0 Å². The SMILES string of the molecule is CCCCCCNS(=O)(=O)c1cc(Br)cc(CO)c1F. The number of halogens is 2. The summed E-state index contributed by atoms with van der Waals surface area (Å²) in [5.41, 5.74) is -0.0502. The third kappa shape index (κ3) is 4.80. The summed E-state index contributed by atoms with van der Waals surface area (Å²) in [4.78, 5) is -0.439. The molecule has 4 nitrogen and oxygen atoms in total. The maximum atomic E-state index is 14.0. The average molecular weight is 368 g/mol. The van der Waals surface area contributed by atoms with Crippen molar-refractivity contribution in [2.45, 2.75) is 44.1 Å². The van der Waals surface area contributed by atoms with Crippen molar-refractivity contribution in [1.29, 1.82) is 0 Å². The largest absolute Gasteiger partial charge is 0.392 e. The van der Waals surface area contributed by atoms with Crippen molar-refractivity contribution in [2.24, 2.45) is 0 Å². The van der Waals surface area contributed by atoms with Crippen molar-refractivity contribution in [3.05, 3.63) is 28.0 Å². The van der Waals surface area contributed by atoms with Gasteiger partial charge in [0.25, 0.3) is 0 Å². The van der Waals surface area contributed by atoms with Crippen molar-refractivity contribution < 1.29 is 17.9 Å². The van der Waals surface area contributed by atoms with Crippen LogP contribution in [0, 0.1) is 5.82 Å². The van der Waals surface area contributed by atoms with Gasteiger partial charge in [0.1, 0.15) is 10.7 Å². The van der Waals surface area contributed by atoms with E-state index in [0.717, 1.165) is 25.7 Å². The zero-order valence-electron chi connectivity index (χ0n) is 11.3. The van der Waals surface area contributed by atoms with Gasteiger partial charge in [-0.1, -0.05) is 42.1 Å². The minimum absolute atomic E-state index is 0.0502. The Morgan fingerprint density at radius 1 is 1.30 bits per heavy atom. The van der Waals surface area contributed by atoms with Crippen LogP contribution in [0.2, 0.25) is 0 Å². The van der Waals surface area contributed by atoms with E-state index in [9.17, 15) is 12.8 Å². The lowest BCUT2D eigenvalue weighted by Crippen LogP contribution is -2.26. The number of aliphatic hydroxyl groups is 1. The molecule has 0 spiro atoms. The molecule has 0 unspecified atom stereocenters. The van der Waals surface area contributed by atoms with Gasteiger partial charge < -0.3 is 5.11 Å². The van der Waals surface area contributed by atoms with E-state index in [2.05, 4.69) is 27.6 Å². The minimum Gasteiger partial charge on any atom is -0.392 e. The maximum Gasteiger partial charge on any atom is 0.243 e. The molecule has 0 saturated heterocycles. The molecule has 0 aromatic heterocycles. The van der Waals surface area contributed by atoms with E-state index in [1.54, 1.807) is 0 Å². The van der Waals surface area contributed by atoms with E-state index in [0.29, 0.717) is 4.47 Å². The summed E-state index contributed by atoms with van der Waals surface area (Å²) >= 11 is 3.11. The molecule has 7 heteroatoms. The summed E-state index contributed by atoms with van der Waals surface area (Å²) in [6.07, 6.45) is 3.76. The first-order chi connectivity index (χ1) is 9.42. The minimum atomic E-state index is -3.90. The molecule has 0 saturated carbocycles. The van der Waals surface area contributed by atoms with E-state index >= 15 is 0 Å². The molecule has 0 bridgehead atoms. The zero-order chi connectivity index (χ0) is 15.2. The molecular formula is C13H19BrFNO3S. The van der Waals surface area contributed by atoms with Gasteiger partial charge in [0.15, 0.2) is 0 Å². The second-order valence-corrected chi connectivity index (χ2v) is 7.14. The highest BCUT2D eigenvalue weighted by molar-refractivity contribution is 9.10. The molecule has 0 atom stereocenters. The molecule has 1 rings (SSSR count). The van der Waals surface area contributed by atoms with E-state index in [1.807, 2.05) is 0 Å². The third-order valence-corrected chi connectivity index (χ3v) is 4.78. The molecule has 1 aromatic carbocycles. The molecule has 20 heavy (non-hydrogen) atoms. The van der Waals surface area contributed by atoms with Crippen LogP contribution in [0.5, 0.6) is 0 Å². The number of aliphatic hydroxyl groups excluding tert-OH is 1. The van der Waals surface area contributed by atoms with E-state index < -0.39 is 27.3 Å². The molecule has 114 valence electrons. The number of benzene rings is 1. The third-order valence-electron chi connectivity index (χ3n) is 2.86. The quantitative estimate of drug-likeness (QED) is 0.694. The number of rotatable bonds is 8. The summed E-state index contributed by atoms with van der Waals surface area (Å²) in [7, 11) is -3.90. The van der Waals surface area contributed by atoms with Gasteiger partial charge in [-0.3, -0.25) is 0 Å². The Bertz CT molecular complexity index is 549. The van der Waals surface area contributed by atoms with E-state index in [4.69, 9.17) is 5.11 Å². The van der Waals surface area contributed by atoms with Gasteiger partial charge in [0.05, 0.1) is 6.61 Å². The Morgan fingerprint density at radius 2 is 2.00 bits per heavy atom. The van der Waals surface area contributed by atoms with Crippen LogP contribution in [0.1, 0.15) is 38.2 Å². The second-order valence-electron chi connectivity index (χ2n) is 4.49. The fraction of sp³-hybridized carbons (Fsp3) is 0.538. The van der Waals surface area contributed by atoms with Crippen molar-refractivity contribution in [3.63, 3.8) is 0 Å². The molecule has 0 heterocycles. The smallest absolute Gasteiger partial charge is 0.243 e. The summed E-state index contributed by atoms with van der Waals surface area (Å²) in [5.74, 6) is -0.906. The van der Waals surface area contributed by atoms with Gasteiger partial charge in [0, 0.05) is 16.6 Å². The van der Waals surface area contributed by atoms with Crippen LogP contribution in [0.15, 0.2) is 21.5 Å². The fourth-order valence-corrected chi connectivity index (χ4v) is 3.64. The Labute approximate surface area is 127 Å². The van der Waals surface area contributed by atoms with Crippen LogP contribution in [-0.4, -0.2) is 20.1 Å². The maximum absolute atomic E-state index is 14.0. The highest BCUT2D eigenvalue weighted by atomic mass is 79.9. The van der Waals surface area contributed by atoms with Gasteiger partial charge in [0.2, 0.25) is 10.0 Å². The van der Waals surface area contributed by atoms with Gasteiger partial charge in [-0.05, 0) is 18.6 Å². The van der Waals surface area contributed by atoms with Crippen LogP contribution in [0.25, 0.3) is 0 Å². The lowest BCUT2D eigenvalue weighted by Gasteiger charge is -2.10. The van der Waals surface area contributed by atoms with Gasteiger partial charge in [-0.15, -0.1) is 0 Å². The predicted molar refractivity (Wildman–Crippen MR) is 79.4 cm³/mol. The van der Waals surface area contributed by atoms with E-state index in [1.165, 1.54) is 12.1 Å². The standard InChI is InChI=1S/C13H19BrFNO3S/c1-2-3-4-5-6-16-20(18,19)12-8-11(14)7-10(9-17)13(12)15/h7-8,16-17H,2-6,9H2,1H3. The van der Waals surface area contributed by atoms with Crippen LogP contribution < -0.4 is 4.72 Å². The summed E-state index contributed by atoms with van der Waals surface area (Å²) in [5, 5.41) is 9.03. The number of nitrogens with one attached hydrogen (secondary N) is 1. The van der Waals surface area contributed by atoms with Crippen LogP contribution in [-0.2, 0) is 16.6 Å². The molecule has 1 aromatic rings. The lowest BCUT2D eigenvalue weighted by molar-refractivity contribution is 0.274. The number of hydrogen-bond acceptors (Lipinski definition) is 3. The molecule has 0 aliphatic rings. The molecule has 0 aliphatic carbocycles. The average Bonchev–Trinajstić information content (AvgIpc) is 2.40. The number of sulfonamides is 1. The molecule has 2 N–H and O–H groups in total. The molecular weight excluding hydrogens is 349 g/mol. The van der Waals surface area contributed by atoms with Crippen LogP contribution >= 0.6 is 15.9 Å². The highest BCUT2D eigenvalue weighted by Gasteiger charge is 2.21. The fourth-order valence-electron chi connectivity index (χ4n) is 1.76. The molecule has 0 fully saturated rings. The summed E-state index contributed by atoms with van der Waals surface area (Å²) < 4.78 is 40.9. The van der Waals surface area contributed by atoms with E-state index in [-0.39, 0.29) is 12.1 Å². The van der Waals surface area contributed by atoms with Gasteiger partial charge in [-0.25, -0.2) is 17.5 Å². The first kappa shape index (κ1) is 17.6. The first-order valence-electron chi connectivity index (χ1n) is 6.50. The monoisotopic (exact) mass is 367 g/mol. The van der Waals surface area contributed by atoms with Crippen molar-refractivity contribution in [2.75, 3.05) is 6.54 Å². The van der Waals surface area contributed by atoms with Crippen molar-refractivity contribution in [3.8, 4) is 0 Å². The Morgan fingerprint density at radius 3 is 2.60 bits per heavy atom. The lowest BCUT2D eigenvalue weighted by atomic mass is 10.2. The van der Waals surface area contributed by atoms with Crippen LogP contribution in [0.3, 0.4) is 0 Å². The normalized spacial score (nSPS) is 11.8. The highest BCUT2D eigenvalue weighted by Crippen LogP contribution is 2.24. The number of unbranched alkanes of at least 4 members (excludes halogenated alkanes) is 3. The second kappa shape index (κ2) is 8.07. The predicted octanol–water partition coefficient (Wildman–Crippen LogP) is 2.94. The zero-order valence-corrected chi connectivity index (χ0v) is 13.7. The van der Waals surface area contributed by atoms with Gasteiger partial charge in [-0.2, -0.15) is 0 Å². The van der Waals surface area contributed by atoms with Crippen LogP contribution in [0.4, 0.5) is 4.39 Å². The Kier molecular flexibility index (Phi) is 7.08.